The number of nitrogens with zero attached hydrogens (tertiary/aromatic N) is 2. The highest BCUT2D eigenvalue weighted by Crippen LogP contribution is 2.33. The number of nitrogens with one attached hydrogen (secondary N) is 2. The normalized spacial score (nSPS) is 24.4. The summed E-state index contributed by atoms with van der Waals surface area (Å²) >= 11 is 0. The number of hydrogen-bond donors (Lipinski definition) is 4. The Morgan fingerprint density at radius 1 is 0.839 bits per heavy atom. The number of aliphatic hydroxyl groups is 2. The van der Waals surface area contributed by atoms with Crippen LogP contribution in [0.15, 0.2) is 15.9 Å². The van der Waals surface area contributed by atoms with Gasteiger partial charge in [-0.05, 0) is 37.5 Å². The molecule has 31 heavy (non-hydrogen) atoms. The van der Waals surface area contributed by atoms with Crippen molar-refractivity contribution in [3.05, 3.63) is 22.8 Å². The molecule has 4 N–H and O–H groups in total. The van der Waals surface area contributed by atoms with Crippen molar-refractivity contribution in [1.82, 2.24) is 19.2 Å². The van der Waals surface area contributed by atoms with Crippen molar-refractivity contribution in [2.45, 2.75) is 42.6 Å². The van der Waals surface area contributed by atoms with Crippen LogP contribution in [0, 0.1) is 20.8 Å². The van der Waals surface area contributed by atoms with Crippen molar-refractivity contribution in [3.8, 4) is 0 Å². The maximum Gasteiger partial charge on any atom is 0.243 e. The van der Waals surface area contributed by atoms with E-state index in [0.717, 1.165) is 0 Å². The molecule has 1 aromatic carbocycles. The monoisotopic (exact) mass is 476 g/mol. The van der Waals surface area contributed by atoms with E-state index in [2.05, 4.69) is 10.6 Å². The Kier molecular flexibility index (Phi) is 7.43. The Morgan fingerprint density at radius 2 is 1.23 bits per heavy atom. The molecule has 2 heterocycles. The van der Waals surface area contributed by atoms with Crippen molar-refractivity contribution < 1.29 is 27.0 Å². The van der Waals surface area contributed by atoms with Crippen LogP contribution < -0.4 is 10.6 Å². The van der Waals surface area contributed by atoms with Gasteiger partial charge in [0, 0.05) is 51.4 Å². The summed E-state index contributed by atoms with van der Waals surface area (Å²) in [6, 6.07) is 0.868. The standard InChI is InChI=1S/C19H32N4O6S2/c1-13-8-14(2)19(31(28,29)23-7-5-21-17(10-23)12-25)15(3)18(13)30(26,27)22-6-4-20-16(9-22)11-24/h8,16-17,20-21,24-25H,4-7,9-12H2,1-3H3/t16-,17-/m0/s1. The highest BCUT2D eigenvalue weighted by Gasteiger charge is 2.37. The van der Waals surface area contributed by atoms with Crippen LogP contribution in [0.5, 0.6) is 0 Å². The van der Waals surface area contributed by atoms with E-state index in [-0.39, 0.29) is 66.8 Å². The molecule has 3 rings (SSSR count). The van der Waals surface area contributed by atoms with Crippen LogP contribution in [0.25, 0.3) is 0 Å². The van der Waals surface area contributed by atoms with Gasteiger partial charge in [-0.2, -0.15) is 8.61 Å². The predicted molar refractivity (Wildman–Crippen MR) is 116 cm³/mol. The molecule has 0 amide bonds. The fourth-order valence-electron chi connectivity index (χ4n) is 4.47. The van der Waals surface area contributed by atoms with E-state index in [1.54, 1.807) is 19.9 Å². The van der Waals surface area contributed by atoms with Crippen LogP contribution in [0.1, 0.15) is 16.7 Å². The third kappa shape index (κ3) is 4.67. The molecule has 0 radical (unpaired) electrons. The first-order chi connectivity index (χ1) is 14.5. The fourth-order valence-corrected chi connectivity index (χ4v) is 8.38. The Hall–Kier alpha value is -1.12. The summed E-state index contributed by atoms with van der Waals surface area (Å²) in [4.78, 5) is 0.00761. The van der Waals surface area contributed by atoms with E-state index in [1.807, 2.05) is 0 Å². The van der Waals surface area contributed by atoms with Crippen molar-refractivity contribution in [1.29, 1.82) is 0 Å². The highest BCUT2D eigenvalue weighted by molar-refractivity contribution is 7.90. The minimum Gasteiger partial charge on any atom is -0.395 e. The van der Waals surface area contributed by atoms with Gasteiger partial charge in [-0.1, -0.05) is 6.07 Å². The summed E-state index contributed by atoms with van der Waals surface area (Å²) < 4.78 is 56.7. The van der Waals surface area contributed by atoms with Gasteiger partial charge in [0.2, 0.25) is 20.0 Å². The zero-order chi connectivity index (χ0) is 23.0. The van der Waals surface area contributed by atoms with E-state index in [4.69, 9.17) is 0 Å². The molecular weight excluding hydrogens is 444 g/mol. The second kappa shape index (κ2) is 9.40. The van der Waals surface area contributed by atoms with Crippen LogP contribution in [0.4, 0.5) is 0 Å². The van der Waals surface area contributed by atoms with Gasteiger partial charge in [-0.15, -0.1) is 0 Å². The molecule has 10 nitrogen and oxygen atoms in total. The van der Waals surface area contributed by atoms with Gasteiger partial charge < -0.3 is 20.8 Å². The third-order valence-electron chi connectivity index (χ3n) is 5.90. The molecule has 0 spiro atoms. The lowest BCUT2D eigenvalue weighted by molar-refractivity contribution is 0.195. The maximum absolute atomic E-state index is 13.5. The van der Waals surface area contributed by atoms with Gasteiger partial charge >= 0.3 is 0 Å². The molecule has 0 unspecified atom stereocenters. The third-order valence-corrected chi connectivity index (χ3v) is 10.2. The van der Waals surface area contributed by atoms with Crippen LogP contribution in [-0.4, -0.2) is 100 Å². The van der Waals surface area contributed by atoms with Gasteiger partial charge in [-0.3, -0.25) is 0 Å². The molecule has 0 bridgehead atoms. The van der Waals surface area contributed by atoms with Crippen molar-refractivity contribution in [2.24, 2.45) is 0 Å². The largest absolute Gasteiger partial charge is 0.395 e. The van der Waals surface area contributed by atoms with Crippen molar-refractivity contribution in [2.75, 3.05) is 52.5 Å². The summed E-state index contributed by atoms with van der Waals surface area (Å²) in [5.74, 6) is 0. The number of benzene rings is 1. The number of piperazine rings is 2. The Morgan fingerprint density at radius 3 is 1.58 bits per heavy atom. The molecule has 2 aliphatic heterocycles. The van der Waals surface area contributed by atoms with Crippen LogP contribution in [-0.2, 0) is 20.0 Å². The lowest BCUT2D eigenvalue weighted by atomic mass is 10.1. The van der Waals surface area contributed by atoms with Gasteiger partial charge in [0.05, 0.1) is 23.0 Å². The van der Waals surface area contributed by atoms with E-state index >= 15 is 0 Å². The first kappa shape index (κ1) is 24.5. The van der Waals surface area contributed by atoms with Gasteiger partial charge in [0.15, 0.2) is 0 Å². The summed E-state index contributed by atoms with van der Waals surface area (Å²) in [5, 5.41) is 25.0. The molecule has 2 atom stereocenters. The minimum absolute atomic E-state index is 0.00380. The molecule has 2 fully saturated rings. The SMILES string of the molecule is Cc1cc(C)c(S(=O)(=O)N2CCN[C@H](CO)C2)c(C)c1S(=O)(=O)N1CCN[C@H](CO)C1. The molecule has 2 saturated heterocycles. The van der Waals surface area contributed by atoms with Gasteiger partial charge in [0.1, 0.15) is 0 Å². The fraction of sp³-hybridized carbons (Fsp3) is 0.684. The number of rotatable bonds is 6. The second-order valence-corrected chi connectivity index (χ2v) is 11.9. The van der Waals surface area contributed by atoms with Crippen LogP contribution in [0.2, 0.25) is 0 Å². The van der Waals surface area contributed by atoms with E-state index in [1.165, 1.54) is 15.5 Å². The first-order valence-corrected chi connectivity index (χ1v) is 13.2. The molecule has 0 aromatic heterocycles. The average Bonchev–Trinajstić information content (AvgIpc) is 2.73. The topological polar surface area (TPSA) is 139 Å². The Balaban J connectivity index is 2.08. The van der Waals surface area contributed by atoms with Crippen LogP contribution in [0.3, 0.4) is 0 Å². The molecule has 0 aliphatic carbocycles. The zero-order valence-corrected chi connectivity index (χ0v) is 19.8. The number of hydrogen-bond acceptors (Lipinski definition) is 8. The second-order valence-electron chi connectivity index (χ2n) is 8.19. The van der Waals surface area contributed by atoms with Crippen LogP contribution >= 0.6 is 0 Å². The smallest absolute Gasteiger partial charge is 0.243 e. The molecule has 1 aromatic rings. The first-order valence-electron chi connectivity index (χ1n) is 10.3. The summed E-state index contributed by atoms with van der Waals surface area (Å²) in [6.45, 7) is 6.02. The molecule has 176 valence electrons. The highest BCUT2D eigenvalue weighted by atomic mass is 32.2. The summed E-state index contributed by atoms with van der Waals surface area (Å²) in [5.41, 5.74) is 1.18. The van der Waals surface area contributed by atoms with E-state index in [0.29, 0.717) is 24.2 Å². The molecule has 0 saturated carbocycles. The van der Waals surface area contributed by atoms with Gasteiger partial charge in [0.25, 0.3) is 0 Å². The van der Waals surface area contributed by atoms with Gasteiger partial charge in [-0.25, -0.2) is 16.8 Å². The summed E-state index contributed by atoms with van der Waals surface area (Å²) in [6.07, 6.45) is 0. The predicted octanol–water partition coefficient (Wildman–Crippen LogP) is -1.48. The molecule has 12 heteroatoms. The molecular formula is C19H32N4O6S2. The quantitative estimate of drug-likeness (QED) is 0.390. The summed E-state index contributed by atoms with van der Waals surface area (Å²) in [7, 11) is -7.93. The number of aryl methyl sites for hydroxylation is 2. The molecule has 2 aliphatic rings. The lowest BCUT2D eigenvalue weighted by Crippen LogP contribution is -2.54. The van der Waals surface area contributed by atoms with E-state index < -0.39 is 20.0 Å². The average molecular weight is 477 g/mol. The van der Waals surface area contributed by atoms with E-state index in [9.17, 15) is 27.0 Å². The van der Waals surface area contributed by atoms with Crippen molar-refractivity contribution >= 4 is 20.0 Å². The maximum atomic E-state index is 13.5. The Bertz CT molecular complexity index is 950. The number of sulfonamides is 2. The zero-order valence-electron chi connectivity index (χ0n) is 18.1. The Labute approximate surface area is 184 Å². The minimum atomic E-state index is -3.97. The van der Waals surface area contributed by atoms with Crippen molar-refractivity contribution in [3.63, 3.8) is 0 Å². The number of aliphatic hydroxyl groups excluding tert-OH is 2. The lowest BCUT2D eigenvalue weighted by Gasteiger charge is -2.34.